The number of amides is 1. The summed E-state index contributed by atoms with van der Waals surface area (Å²) in [4.78, 5) is 27.6. The van der Waals surface area contributed by atoms with Crippen molar-refractivity contribution in [3.63, 3.8) is 0 Å². The van der Waals surface area contributed by atoms with Gasteiger partial charge in [-0.1, -0.05) is 17.8 Å². The third-order valence-electron chi connectivity index (χ3n) is 4.79. The van der Waals surface area contributed by atoms with Gasteiger partial charge in [0.2, 0.25) is 5.95 Å². The number of hydrogen-bond acceptors (Lipinski definition) is 8. The molecule has 2 aromatic heterocycles. The molecule has 1 amide bonds. The van der Waals surface area contributed by atoms with Crippen LogP contribution in [0.2, 0.25) is 0 Å². The lowest BCUT2D eigenvalue weighted by Gasteiger charge is -2.32. The van der Waals surface area contributed by atoms with E-state index >= 15 is 0 Å². The maximum Gasteiger partial charge on any atom is 0.260 e. The van der Waals surface area contributed by atoms with Crippen molar-refractivity contribution in [2.45, 2.75) is 18.4 Å². The average molecular weight is 398 g/mol. The van der Waals surface area contributed by atoms with Crippen LogP contribution in [-0.4, -0.2) is 51.2 Å². The number of carbonyl (C=O) groups is 1. The van der Waals surface area contributed by atoms with Crippen LogP contribution in [-0.2, 0) is 4.79 Å². The smallest absolute Gasteiger partial charge is 0.260 e. The molecule has 0 radical (unpaired) electrons. The number of nitrogens with zero attached hydrogens (tertiary/aromatic N) is 4. The fraction of sp³-hybridized carbons (Fsp3) is 0.368. The number of aliphatic hydroxyl groups excluding tert-OH is 1. The van der Waals surface area contributed by atoms with Crippen LogP contribution in [0.25, 0.3) is 6.08 Å². The Kier molecular flexibility index (Phi) is 5.73. The predicted octanol–water partition coefficient (Wildman–Crippen LogP) is 1.68. The monoisotopic (exact) mass is 398 g/mol. The molecule has 0 bridgehead atoms. The summed E-state index contributed by atoms with van der Waals surface area (Å²) in [7, 11) is 0. The number of anilines is 2. The average Bonchev–Trinajstić information content (AvgIpc) is 3.04. The normalized spacial score (nSPS) is 21.8. The number of rotatable bonds is 5. The van der Waals surface area contributed by atoms with Gasteiger partial charge < -0.3 is 20.6 Å². The highest BCUT2D eigenvalue weighted by Gasteiger charge is 2.25. The molecule has 0 aliphatic carbocycles. The summed E-state index contributed by atoms with van der Waals surface area (Å²) in [6.07, 6.45) is 7.29. The summed E-state index contributed by atoms with van der Waals surface area (Å²) in [5.41, 5.74) is -0.227. The Bertz CT molecular complexity index is 855. The standard InChI is InChI=1S/C19H22N6O2S/c26-17-15(28-19(27)24-17)11-14-4-8-21-18(23-14)25-9-5-13(6-10-25)12-22-16-3-1-2-7-20-16/h1-4,7-8,11,13,19,27H,5-6,9-10,12H2,(H,20,22)(H,24,26). The first-order chi connectivity index (χ1) is 13.7. The molecule has 2 aliphatic rings. The van der Waals surface area contributed by atoms with E-state index in [1.165, 1.54) is 0 Å². The zero-order chi connectivity index (χ0) is 19.3. The molecule has 3 N–H and O–H groups in total. The molecule has 2 aromatic rings. The van der Waals surface area contributed by atoms with Gasteiger partial charge in [-0.2, -0.15) is 0 Å². The second-order valence-electron chi connectivity index (χ2n) is 6.76. The summed E-state index contributed by atoms with van der Waals surface area (Å²) < 4.78 is 0. The first-order valence-electron chi connectivity index (χ1n) is 9.27. The predicted molar refractivity (Wildman–Crippen MR) is 109 cm³/mol. The Labute approximate surface area is 167 Å². The Morgan fingerprint density at radius 1 is 1.25 bits per heavy atom. The SMILES string of the molecule is O=C1NC(O)SC1=Cc1ccnc(N2CCC(CNc3ccccn3)CC2)n1. The van der Waals surface area contributed by atoms with Crippen LogP contribution in [0.3, 0.4) is 0 Å². The van der Waals surface area contributed by atoms with Crippen LogP contribution >= 0.6 is 11.8 Å². The van der Waals surface area contributed by atoms with Gasteiger partial charge in [-0.15, -0.1) is 0 Å². The summed E-state index contributed by atoms with van der Waals surface area (Å²) in [5.74, 6) is 1.89. The second kappa shape index (κ2) is 8.57. The maximum atomic E-state index is 11.8. The van der Waals surface area contributed by atoms with Gasteiger partial charge in [-0.05, 0) is 43.0 Å². The molecular formula is C19H22N6O2S. The topological polar surface area (TPSA) is 103 Å². The molecule has 8 nitrogen and oxygen atoms in total. The van der Waals surface area contributed by atoms with Crippen molar-refractivity contribution in [1.82, 2.24) is 20.3 Å². The van der Waals surface area contributed by atoms with Crippen molar-refractivity contribution in [3.05, 3.63) is 47.3 Å². The fourth-order valence-electron chi connectivity index (χ4n) is 3.27. The molecule has 2 fully saturated rings. The van der Waals surface area contributed by atoms with Gasteiger partial charge in [0.15, 0.2) is 5.56 Å². The maximum absolute atomic E-state index is 11.8. The third kappa shape index (κ3) is 4.60. The van der Waals surface area contributed by atoms with Crippen molar-refractivity contribution < 1.29 is 9.90 Å². The van der Waals surface area contributed by atoms with E-state index in [4.69, 9.17) is 0 Å². The van der Waals surface area contributed by atoms with Gasteiger partial charge in [0.25, 0.3) is 5.91 Å². The van der Waals surface area contributed by atoms with Crippen LogP contribution in [0, 0.1) is 5.92 Å². The van der Waals surface area contributed by atoms with E-state index in [2.05, 4.69) is 30.5 Å². The second-order valence-corrected chi connectivity index (χ2v) is 7.88. The number of piperidine rings is 1. The summed E-state index contributed by atoms with van der Waals surface area (Å²) in [6.45, 7) is 2.69. The largest absolute Gasteiger partial charge is 0.370 e. The minimum atomic E-state index is -0.890. The molecule has 28 heavy (non-hydrogen) atoms. The van der Waals surface area contributed by atoms with Crippen molar-refractivity contribution in [2.24, 2.45) is 5.92 Å². The number of carbonyl (C=O) groups excluding carboxylic acids is 1. The lowest BCUT2D eigenvalue weighted by Crippen LogP contribution is -2.37. The van der Waals surface area contributed by atoms with Crippen LogP contribution in [0.1, 0.15) is 18.5 Å². The molecule has 2 saturated heterocycles. The quantitative estimate of drug-likeness (QED) is 0.654. The van der Waals surface area contributed by atoms with Crippen LogP contribution in [0.5, 0.6) is 0 Å². The highest BCUT2D eigenvalue weighted by molar-refractivity contribution is 8.05. The van der Waals surface area contributed by atoms with Gasteiger partial charge in [-0.3, -0.25) is 4.79 Å². The van der Waals surface area contributed by atoms with Crippen molar-refractivity contribution in [2.75, 3.05) is 29.9 Å². The number of nitrogens with one attached hydrogen (secondary N) is 2. The van der Waals surface area contributed by atoms with E-state index < -0.39 is 5.56 Å². The fourth-order valence-corrected chi connectivity index (χ4v) is 4.03. The van der Waals surface area contributed by atoms with E-state index in [0.717, 1.165) is 50.1 Å². The van der Waals surface area contributed by atoms with Crippen molar-refractivity contribution in [1.29, 1.82) is 0 Å². The van der Waals surface area contributed by atoms with Gasteiger partial charge in [0.05, 0.1) is 10.6 Å². The van der Waals surface area contributed by atoms with E-state index in [-0.39, 0.29) is 5.91 Å². The first kappa shape index (κ1) is 18.7. The van der Waals surface area contributed by atoms with E-state index in [0.29, 0.717) is 22.5 Å². The third-order valence-corrected chi connectivity index (χ3v) is 5.69. The molecule has 9 heteroatoms. The zero-order valence-corrected chi connectivity index (χ0v) is 16.1. The molecule has 146 valence electrons. The molecule has 1 atom stereocenters. The molecule has 0 aromatic carbocycles. The highest BCUT2D eigenvalue weighted by atomic mass is 32.2. The van der Waals surface area contributed by atoms with Crippen LogP contribution in [0.4, 0.5) is 11.8 Å². The highest BCUT2D eigenvalue weighted by Crippen LogP contribution is 2.28. The van der Waals surface area contributed by atoms with Crippen molar-refractivity contribution in [3.8, 4) is 0 Å². The molecule has 4 rings (SSSR count). The first-order valence-corrected chi connectivity index (χ1v) is 10.2. The lowest BCUT2D eigenvalue weighted by molar-refractivity contribution is -0.117. The molecular weight excluding hydrogens is 376 g/mol. The van der Waals surface area contributed by atoms with Crippen LogP contribution in [0.15, 0.2) is 41.6 Å². The van der Waals surface area contributed by atoms with Crippen LogP contribution < -0.4 is 15.5 Å². The summed E-state index contributed by atoms with van der Waals surface area (Å²) in [5, 5.41) is 15.3. The number of thioether (sulfide) groups is 1. The van der Waals surface area contributed by atoms with E-state index in [1.807, 2.05) is 18.2 Å². The summed E-state index contributed by atoms with van der Waals surface area (Å²) >= 11 is 1.08. The minimum absolute atomic E-state index is 0.279. The Morgan fingerprint density at radius 3 is 2.82 bits per heavy atom. The molecule has 0 spiro atoms. The number of hydrogen-bond donors (Lipinski definition) is 3. The minimum Gasteiger partial charge on any atom is -0.370 e. The Hall–Kier alpha value is -2.65. The van der Waals surface area contributed by atoms with Gasteiger partial charge in [-0.25, -0.2) is 15.0 Å². The molecule has 4 heterocycles. The molecule has 1 unspecified atom stereocenters. The summed E-state index contributed by atoms with van der Waals surface area (Å²) in [6, 6.07) is 7.63. The van der Waals surface area contributed by atoms with Gasteiger partial charge >= 0.3 is 0 Å². The van der Waals surface area contributed by atoms with Gasteiger partial charge in [0, 0.05) is 32.0 Å². The molecule has 0 saturated carbocycles. The van der Waals surface area contributed by atoms with E-state index in [1.54, 1.807) is 24.5 Å². The number of aromatic nitrogens is 3. The Balaban J connectivity index is 1.33. The number of aliphatic hydroxyl groups is 1. The zero-order valence-electron chi connectivity index (χ0n) is 15.3. The van der Waals surface area contributed by atoms with E-state index in [9.17, 15) is 9.90 Å². The Morgan fingerprint density at radius 2 is 2.11 bits per heavy atom. The van der Waals surface area contributed by atoms with Gasteiger partial charge in [0.1, 0.15) is 5.82 Å². The molecule has 2 aliphatic heterocycles. The number of pyridine rings is 1. The lowest BCUT2D eigenvalue weighted by atomic mass is 9.97. The van der Waals surface area contributed by atoms with Crippen molar-refractivity contribution >= 4 is 35.5 Å².